The molecular formula is C18H20N4O3S. The normalized spacial score (nSPS) is 13.8. The molecule has 1 aliphatic heterocycles. The quantitative estimate of drug-likeness (QED) is 0.523. The third-order valence-corrected chi connectivity index (χ3v) is 4.75. The molecule has 0 bridgehead atoms. The van der Waals surface area contributed by atoms with E-state index in [-0.39, 0.29) is 17.6 Å². The highest BCUT2D eigenvalue weighted by Gasteiger charge is 2.23. The van der Waals surface area contributed by atoms with E-state index in [1.807, 2.05) is 30.3 Å². The average Bonchev–Trinajstić information content (AvgIpc) is 3.28. The largest absolute Gasteiger partial charge is 0.414 e. The topological polar surface area (TPSA) is 79.5 Å². The molecule has 136 valence electrons. The van der Waals surface area contributed by atoms with E-state index in [0.29, 0.717) is 30.6 Å². The van der Waals surface area contributed by atoms with Gasteiger partial charge in [-0.1, -0.05) is 36.0 Å². The zero-order valence-electron chi connectivity index (χ0n) is 14.3. The molecule has 7 nitrogen and oxygen atoms in total. The summed E-state index contributed by atoms with van der Waals surface area (Å²) in [4.78, 5) is 27.5. The third-order valence-electron chi connectivity index (χ3n) is 3.95. The Bertz CT molecular complexity index is 778. The first-order valence-corrected chi connectivity index (χ1v) is 9.35. The van der Waals surface area contributed by atoms with Crippen LogP contribution in [0.2, 0.25) is 0 Å². The van der Waals surface area contributed by atoms with E-state index >= 15 is 0 Å². The number of aromatic nitrogens is 2. The molecule has 3 rings (SSSR count). The molecule has 0 radical (unpaired) electrons. The lowest BCUT2D eigenvalue weighted by atomic mass is 10.3. The first-order chi connectivity index (χ1) is 12.7. The second kappa shape index (κ2) is 8.66. The number of hydrogen-bond acceptors (Lipinski definition) is 6. The molecule has 1 fully saturated rings. The summed E-state index contributed by atoms with van der Waals surface area (Å²) in [5.74, 6) is 0.597. The molecule has 1 aromatic heterocycles. The summed E-state index contributed by atoms with van der Waals surface area (Å²) >= 11 is 1.19. The number of hydrogen-bond donors (Lipinski definition) is 0. The Hall–Kier alpha value is -2.61. The predicted molar refractivity (Wildman–Crippen MR) is 98.7 cm³/mol. The third kappa shape index (κ3) is 4.51. The van der Waals surface area contributed by atoms with Gasteiger partial charge in [0.25, 0.3) is 5.22 Å². The van der Waals surface area contributed by atoms with Gasteiger partial charge in [-0.2, -0.15) is 0 Å². The summed E-state index contributed by atoms with van der Waals surface area (Å²) in [5, 5.41) is 8.24. The Balaban J connectivity index is 1.56. The van der Waals surface area contributed by atoms with Crippen molar-refractivity contribution in [3.05, 3.63) is 48.9 Å². The zero-order valence-corrected chi connectivity index (χ0v) is 15.2. The number of thioether (sulfide) groups is 1. The maximum absolute atomic E-state index is 12.5. The van der Waals surface area contributed by atoms with Gasteiger partial charge in [0.1, 0.15) is 0 Å². The lowest BCUT2D eigenvalue weighted by molar-refractivity contribution is -0.128. The summed E-state index contributed by atoms with van der Waals surface area (Å²) < 4.78 is 5.55. The van der Waals surface area contributed by atoms with Gasteiger partial charge in [-0.3, -0.25) is 9.59 Å². The van der Waals surface area contributed by atoms with E-state index < -0.39 is 0 Å². The first kappa shape index (κ1) is 18.2. The fourth-order valence-corrected chi connectivity index (χ4v) is 3.34. The molecule has 26 heavy (non-hydrogen) atoms. The number of benzene rings is 1. The summed E-state index contributed by atoms with van der Waals surface area (Å²) in [7, 11) is 0. The van der Waals surface area contributed by atoms with Crippen LogP contribution < -0.4 is 4.90 Å². The van der Waals surface area contributed by atoms with Gasteiger partial charge < -0.3 is 14.2 Å². The summed E-state index contributed by atoms with van der Waals surface area (Å²) in [6.45, 7) is 5.18. The van der Waals surface area contributed by atoms with Crippen molar-refractivity contribution >= 4 is 29.3 Å². The Kier molecular flexibility index (Phi) is 6.06. The van der Waals surface area contributed by atoms with E-state index in [4.69, 9.17) is 4.42 Å². The van der Waals surface area contributed by atoms with Crippen molar-refractivity contribution in [2.75, 3.05) is 23.7 Å². The fraction of sp³-hybridized carbons (Fsp3) is 0.333. The van der Waals surface area contributed by atoms with Crippen molar-refractivity contribution in [3.63, 3.8) is 0 Å². The molecule has 2 amide bonds. The second-order valence-corrected chi connectivity index (χ2v) is 6.72. The molecule has 1 saturated heterocycles. The minimum atomic E-state index is -0.0735. The number of nitrogens with zero attached hydrogens (tertiary/aromatic N) is 4. The highest BCUT2D eigenvalue weighted by Crippen LogP contribution is 2.21. The Morgan fingerprint density at radius 2 is 2.15 bits per heavy atom. The molecule has 2 aromatic rings. The van der Waals surface area contributed by atoms with Crippen LogP contribution in [0.4, 0.5) is 5.69 Å². The maximum Gasteiger partial charge on any atom is 0.277 e. The van der Waals surface area contributed by atoms with Gasteiger partial charge >= 0.3 is 0 Å². The lowest BCUT2D eigenvalue weighted by Gasteiger charge is -2.20. The van der Waals surface area contributed by atoms with Crippen LogP contribution in [0.25, 0.3) is 0 Å². The minimum Gasteiger partial charge on any atom is -0.414 e. The molecule has 0 N–H and O–H groups in total. The van der Waals surface area contributed by atoms with Crippen LogP contribution in [0.5, 0.6) is 0 Å². The van der Waals surface area contributed by atoms with Gasteiger partial charge in [-0.15, -0.1) is 16.8 Å². The number of likely N-dealkylation sites (tertiary alicyclic amines) is 1. The zero-order chi connectivity index (χ0) is 18.4. The first-order valence-electron chi connectivity index (χ1n) is 8.36. The van der Waals surface area contributed by atoms with Gasteiger partial charge in [-0.25, -0.2) is 0 Å². The van der Waals surface area contributed by atoms with E-state index in [9.17, 15) is 9.59 Å². The van der Waals surface area contributed by atoms with Gasteiger partial charge in [-0.05, 0) is 18.6 Å². The molecule has 0 aliphatic carbocycles. The van der Waals surface area contributed by atoms with E-state index in [2.05, 4.69) is 16.8 Å². The number of carbonyl (C=O) groups is 2. The molecule has 0 unspecified atom stereocenters. The van der Waals surface area contributed by atoms with Gasteiger partial charge in [0.15, 0.2) is 0 Å². The van der Waals surface area contributed by atoms with Crippen LogP contribution in [-0.4, -0.2) is 45.8 Å². The van der Waals surface area contributed by atoms with Crippen LogP contribution >= 0.6 is 11.8 Å². The molecule has 0 atom stereocenters. The van der Waals surface area contributed by atoms with Crippen molar-refractivity contribution in [1.82, 2.24) is 15.1 Å². The van der Waals surface area contributed by atoms with Crippen LogP contribution in [-0.2, 0) is 16.1 Å². The molecule has 0 saturated carbocycles. The molecule has 1 aliphatic rings. The monoisotopic (exact) mass is 372 g/mol. The summed E-state index contributed by atoms with van der Waals surface area (Å²) in [6, 6.07) is 9.43. The fourth-order valence-electron chi connectivity index (χ4n) is 2.68. The highest BCUT2D eigenvalue weighted by molar-refractivity contribution is 7.99. The second-order valence-electron chi connectivity index (χ2n) is 5.80. The molecule has 1 aromatic carbocycles. The summed E-state index contributed by atoms with van der Waals surface area (Å²) in [5.41, 5.74) is 0.816. The number of para-hydroxylation sites is 1. The van der Waals surface area contributed by atoms with Crippen molar-refractivity contribution in [2.24, 2.45) is 0 Å². The van der Waals surface area contributed by atoms with Crippen LogP contribution in [0, 0.1) is 0 Å². The Morgan fingerprint density at radius 3 is 2.85 bits per heavy atom. The van der Waals surface area contributed by atoms with Gasteiger partial charge in [0, 0.05) is 25.2 Å². The lowest BCUT2D eigenvalue weighted by Crippen LogP contribution is -2.32. The SMILES string of the molecule is C=CCN(C(=O)CSc1nnc(CN2CCCC2=O)o1)c1ccccc1. The number of rotatable bonds is 8. The van der Waals surface area contributed by atoms with Gasteiger partial charge in [0.05, 0.1) is 12.3 Å². The summed E-state index contributed by atoms with van der Waals surface area (Å²) in [6.07, 6.45) is 3.12. The Labute approximate surface area is 156 Å². The molecular weight excluding hydrogens is 352 g/mol. The number of anilines is 1. The average molecular weight is 372 g/mol. The number of amides is 2. The van der Waals surface area contributed by atoms with Crippen LogP contribution in [0.3, 0.4) is 0 Å². The smallest absolute Gasteiger partial charge is 0.277 e. The predicted octanol–water partition coefficient (Wildman–Crippen LogP) is 2.50. The van der Waals surface area contributed by atoms with Gasteiger partial charge in [0.2, 0.25) is 17.7 Å². The van der Waals surface area contributed by atoms with E-state index in [1.165, 1.54) is 11.8 Å². The minimum absolute atomic E-state index is 0.0735. The molecule has 0 spiro atoms. The maximum atomic E-state index is 12.5. The van der Waals surface area contributed by atoms with Crippen molar-refractivity contribution in [1.29, 1.82) is 0 Å². The molecule has 2 heterocycles. The van der Waals surface area contributed by atoms with Crippen LogP contribution in [0.15, 0.2) is 52.6 Å². The van der Waals surface area contributed by atoms with E-state index in [1.54, 1.807) is 15.9 Å². The Morgan fingerprint density at radius 1 is 1.35 bits per heavy atom. The molecule has 8 heteroatoms. The van der Waals surface area contributed by atoms with Crippen molar-refractivity contribution < 1.29 is 14.0 Å². The highest BCUT2D eigenvalue weighted by atomic mass is 32.2. The van der Waals surface area contributed by atoms with E-state index in [0.717, 1.165) is 18.7 Å². The van der Waals surface area contributed by atoms with Crippen LogP contribution in [0.1, 0.15) is 18.7 Å². The van der Waals surface area contributed by atoms with Crippen molar-refractivity contribution in [3.8, 4) is 0 Å². The standard InChI is InChI=1S/C18H20N4O3S/c1-2-10-22(14-7-4-3-5-8-14)17(24)13-26-18-20-19-15(25-18)12-21-11-6-9-16(21)23/h2-5,7-8H,1,6,9-13H2. The number of carbonyl (C=O) groups excluding carboxylic acids is 2. The van der Waals surface area contributed by atoms with Crippen molar-refractivity contribution in [2.45, 2.75) is 24.6 Å².